The molecule has 5 nitrogen and oxygen atoms in total. The van der Waals surface area contributed by atoms with E-state index in [-0.39, 0.29) is 29.6 Å². The first-order valence-corrected chi connectivity index (χ1v) is 5.50. The average molecular weight is 226 g/mol. The van der Waals surface area contributed by atoms with Gasteiger partial charge < -0.3 is 15.4 Å². The van der Waals surface area contributed by atoms with Gasteiger partial charge in [-0.3, -0.25) is 9.59 Å². The average Bonchev–Trinajstić information content (AvgIpc) is 2.35. The third kappa shape index (κ3) is 2.81. The van der Waals surface area contributed by atoms with Gasteiger partial charge in [0.25, 0.3) is 0 Å². The van der Waals surface area contributed by atoms with Crippen LogP contribution in [0.2, 0.25) is 0 Å². The van der Waals surface area contributed by atoms with Crippen LogP contribution in [-0.4, -0.2) is 32.2 Å². The van der Waals surface area contributed by atoms with E-state index in [4.69, 9.17) is 0 Å². The van der Waals surface area contributed by atoms with Crippen molar-refractivity contribution >= 4 is 18.1 Å². The van der Waals surface area contributed by atoms with Crippen molar-refractivity contribution in [3.8, 4) is 0 Å². The molecule has 1 aliphatic rings. The minimum Gasteiger partial charge on any atom is -0.359 e. The normalized spacial score (nSPS) is 29.2. The van der Waals surface area contributed by atoms with Gasteiger partial charge in [0.05, 0.1) is 0 Å². The molecule has 1 aliphatic carbocycles. The van der Waals surface area contributed by atoms with Crippen molar-refractivity contribution in [2.24, 2.45) is 17.8 Å². The third-order valence-electron chi connectivity index (χ3n) is 3.17. The lowest BCUT2D eigenvalue weighted by Crippen LogP contribution is -2.39. The SMILES string of the molecule is CNC(=O)C1CC(C=O)CC(C(=O)NC)C1. The molecule has 0 heterocycles. The zero-order chi connectivity index (χ0) is 12.1. The molecule has 2 N–H and O–H groups in total. The molecule has 0 aromatic rings. The van der Waals surface area contributed by atoms with Crippen LogP contribution >= 0.6 is 0 Å². The summed E-state index contributed by atoms with van der Waals surface area (Å²) < 4.78 is 0. The summed E-state index contributed by atoms with van der Waals surface area (Å²) in [7, 11) is 3.14. The molecule has 2 atom stereocenters. The Bertz CT molecular complexity index is 267. The Morgan fingerprint density at radius 2 is 1.44 bits per heavy atom. The van der Waals surface area contributed by atoms with E-state index in [2.05, 4.69) is 10.6 Å². The van der Waals surface area contributed by atoms with Crippen LogP contribution in [0.25, 0.3) is 0 Å². The fraction of sp³-hybridized carbons (Fsp3) is 0.727. The fourth-order valence-corrected chi connectivity index (χ4v) is 2.31. The van der Waals surface area contributed by atoms with Crippen molar-refractivity contribution in [3.63, 3.8) is 0 Å². The van der Waals surface area contributed by atoms with E-state index in [9.17, 15) is 14.4 Å². The van der Waals surface area contributed by atoms with Gasteiger partial charge in [-0.05, 0) is 19.3 Å². The maximum atomic E-state index is 11.5. The van der Waals surface area contributed by atoms with Crippen molar-refractivity contribution < 1.29 is 14.4 Å². The van der Waals surface area contributed by atoms with Crippen molar-refractivity contribution in [2.75, 3.05) is 14.1 Å². The van der Waals surface area contributed by atoms with E-state index in [0.717, 1.165) is 6.29 Å². The molecule has 90 valence electrons. The monoisotopic (exact) mass is 226 g/mol. The molecule has 16 heavy (non-hydrogen) atoms. The van der Waals surface area contributed by atoms with Gasteiger partial charge >= 0.3 is 0 Å². The number of amides is 2. The van der Waals surface area contributed by atoms with E-state index >= 15 is 0 Å². The van der Waals surface area contributed by atoms with Crippen LogP contribution in [0.15, 0.2) is 0 Å². The van der Waals surface area contributed by atoms with Crippen LogP contribution in [0.1, 0.15) is 19.3 Å². The lowest BCUT2D eigenvalue weighted by molar-refractivity contribution is -0.131. The highest BCUT2D eigenvalue weighted by atomic mass is 16.2. The topological polar surface area (TPSA) is 75.3 Å². The molecule has 0 aromatic heterocycles. The Balaban J connectivity index is 2.72. The van der Waals surface area contributed by atoms with Crippen LogP contribution in [0.3, 0.4) is 0 Å². The van der Waals surface area contributed by atoms with E-state index in [0.29, 0.717) is 19.3 Å². The van der Waals surface area contributed by atoms with E-state index in [1.54, 1.807) is 14.1 Å². The summed E-state index contributed by atoms with van der Waals surface area (Å²) in [5.41, 5.74) is 0. The predicted molar refractivity (Wildman–Crippen MR) is 58.5 cm³/mol. The first-order chi connectivity index (χ1) is 7.62. The van der Waals surface area contributed by atoms with Gasteiger partial charge in [-0.15, -0.1) is 0 Å². The molecule has 2 unspecified atom stereocenters. The largest absolute Gasteiger partial charge is 0.359 e. The van der Waals surface area contributed by atoms with E-state index in [1.807, 2.05) is 0 Å². The number of carbonyl (C=O) groups is 3. The number of carbonyl (C=O) groups excluding carboxylic acids is 3. The fourth-order valence-electron chi connectivity index (χ4n) is 2.31. The quantitative estimate of drug-likeness (QED) is 0.649. The summed E-state index contributed by atoms with van der Waals surface area (Å²) in [6.45, 7) is 0. The van der Waals surface area contributed by atoms with Crippen molar-refractivity contribution in [3.05, 3.63) is 0 Å². The second-order valence-electron chi connectivity index (χ2n) is 4.23. The molecule has 5 heteroatoms. The zero-order valence-corrected chi connectivity index (χ0v) is 9.66. The highest BCUT2D eigenvalue weighted by Gasteiger charge is 2.35. The van der Waals surface area contributed by atoms with Gasteiger partial charge in [0, 0.05) is 31.8 Å². The Morgan fingerprint density at radius 1 is 1.00 bits per heavy atom. The number of hydrogen-bond donors (Lipinski definition) is 2. The second-order valence-corrected chi connectivity index (χ2v) is 4.23. The smallest absolute Gasteiger partial charge is 0.222 e. The number of aldehydes is 1. The second kappa shape index (κ2) is 5.63. The standard InChI is InChI=1S/C11H18N2O3/c1-12-10(15)8-3-7(6-14)4-9(5-8)11(16)13-2/h6-9H,3-5H2,1-2H3,(H,12,15)(H,13,16). The van der Waals surface area contributed by atoms with Crippen LogP contribution < -0.4 is 10.6 Å². The van der Waals surface area contributed by atoms with E-state index < -0.39 is 0 Å². The van der Waals surface area contributed by atoms with Gasteiger partial charge in [-0.2, -0.15) is 0 Å². The van der Waals surface area contributed by atoms with Crippen molar-refractivity contribution in [2.45, 2.75) is 19.3 Å². The maximum absolute atomic E-state index is 11.5. The van der Waals surface area contributed by atoms with Crippen molar-refractivity contribution in [1.82, 2.24) is 10.6 Å². The van der Waals surface area contributed by atoms with Gasteiger partial charge in [-0.25, -0.2) is 0 Å². The number of hydrogen-bond acceptors (Lipinski definition) is 3. The van der Waals surface area contributed by atoms with E-state index in [1.165, 1.54) is 0 Å². The summed E-state index contributed by atoms with van der Waals surface area (Å²) in [6.07, 6.45) is 2.49. The minimum absolute atomic E-state index is 0.0829. The first-order valence-electron chi connectivity index (χ1n) is 5.50. The molecule has 0 saturated heterocycles. The molecule has 1 rings (SSSR count). The number of rotatable bonds is 3. The molecule has 0 radical (unpaired) electrons. The van der Waals surface area contributed by atoms with Crippen LogP contribution in [-0.2, 0) is 14.4 Å². The Labute approximate surface area is 95.0 Å². The minimum atomic E-state index is -0.226. The Hall–Kier alpha value is -1.39. The predicted octanol–water partition coefficient (Wildman–Crippen LogP) is -0.290. The number of nitrogens with one attached hydrogen (secondary N) is 2. The van der Waals surface area contributed by atoms with Crippen LogP contribution in [0.4, 0.5) is 0 Å². The van der Waals surface area contributed by atoms with Gasteiger partial charge in [0.2, 0.25) is 11.8 Å². The summed E-state index contributed by atoms with van der Waals surface area (Å²) >= 11 is 0. The molecule has 2 amide bonds. The van der Waals surface area contributed by atoms with Crippen LogP contribution in [0, 0.1) is 17.8 Å². The highest BCUT2D eigenvalue weighted by molar-refractivity contribution is 5.83. The summed E-state index contributed by atoms with van der Waals surface area (Å²) in [4.78, 5) is 33.9. The zero-order valence-electron chi connectivity index (χ0n) is 9.66. The lowest BCUT2D eigenvalue weighted by atomic mass is 9.75. The molecular formula is C11H18N2O3. The van der Waals surface area contributed by atoms with Gasteiger partial charge in [-0.1, -0.05) is 0 Å². The molecule has 1 saturated carbocycles. The molecule has 0 aromatic carbocycles. The summed E-state index contributed by atoms with van der Waals surface area (Å²) in [5.74, 6) is -0.799. The van der Waals surface area contributed by atoms with Gasteiger partial charge in [0.1, 0.15) is 6.29 Å². The molecule has 1 fully saturated rings. The third-order valence-corrected chi connectivity index (χ3v) is 3.17. The Morgan fingerprint density at radius 3 is 1.75 bits per heavy atom. The molecule has 0 bridgehead atoms. The van der Waals surface area contributed by atoms with Crippen molar-refractivity contribution in [1.29, 1.82) is 0 Å². The maximum Gasteiger partial charge on any atom is 0.222 e. The summed E-state index contributed by atoms with van der Waals surface area (Å²) in [5, 5.41) is 5.14. The molecule has 0 aliphatic heterocycles. The first kappa shape index (κ1) is 12.7. The van der Waals surface area contributed by atoms with Crippen LogP contribution in [0.5, 0.6) is 0 Å². The Kier molecular flexibility index (Phi) is 4.46. The lowest BCUT2D eigenvalue weighted by Gasteiger charge is -2.30. The highest BCUT2D eigenvalue weighted by Crippen LogP contribution is 2.32. The molecule has 0 spiro atoms. The summed E-state index contributed by atoms with van der Waals surface area (Å²) in [6, 6.07) is 0. The van der Waals surface area contributed by atoms with Gasteiger partial charge in [0.15, 0.2) is 0 Å². The molecular weight excluding hydrogens is 208 g/mol.